The number of anilines is 1. The number of aromatic nitrogens is 3. The van der Waals surface area contributed by atoms with Gasteiger partial charge in [0, 0.05) is 21.2 Å². The second kappa shape index (κ2) is 6.81. The average Bonchev–Trinajstić information content (AvgIpc) is 2.61. The van der Waals surface area contributed by atoms with Crippen LogP contribution in [0.5, 0.6) is 5.75 Å². The third-order valence-corrected chi connectivity index (χ3v) is 4.84. The van der Waals surface area contributed by atoms with Crippen molar-refractivity contribution in [2.24, 2.45) is 0 Å². The fourth-order valence-corrected chi connectivity index (χ4v) is 3.59. The van der Waals surface area contributed by atoms with Gasteiger partial charge in [0.05, 0.1) is 11.1 Å². The number of aromatic hydroxyl groups is 1. The van der Waals surface area contributed by atoms with E-state index in [1.165, 1.54) is 0 Å². The molecule has 0 unspecified atom stereocenters. The molecule has 0 aliphatic heterocycles. The number of pyridine rings is 1. The van der Waals surface area contributed by atoms with Gasteiger partial charge in [-0.25, -0.2) is 4.98 Å². The van der Waals surface area contributed by atoms with Gasteiger partial charge in [0.2, 0.25) is 0 Å². The summed E-state index contributed by atoms with van der Waals surface area (Å²) in [6.45, 7) is 0. The Hall–Kier alpha value is -2.67. The summed E-state index contributed by atoms with van der Waals surface area (Å²) in [5.74, 6) is 0.529. The molecule has 2 aromatic heterocycles. The minimum atomic E-state index is 0.172. The van der Waals surface area contributed by atoms with Gasteiger partial charge in [0.15, 0.2) is 10.4 Å². The van der Waals surface area contributed by atoms with Gasteiger partial charge < -0.3 is 15.8 Å². The first-order valence-electron chi connectivity index (χ1n) is 7.88. The maximum Gasteiger partial charge on any atom is 0.200 e. The van der Waals surface area contributed by atoms with Crippen LogP contribution in [0.2, 0.25) is 10.0 Å². The number of nitrogen functional groups attached to an aromatic ring is 1. The summed E-state index contributed by atoms with van der Waals surface area (Å²) in [4.78, 5) is 11.8. The first-order valence-corrected chi connectivity index (χ1v) is 9.04. The molecule has 0 aliphatic carbocycles. The number of fused-ring (bicyclic) bond motifs is 1. The van der Waals surface area contributed by atoms with Crippen molar-refractivity contribution in [2.75, 3.05) is 5.73 Å². The molecule has 0 fully saturated rings. The fourth-order valence-electron chi connectivity index (χ4n) is 2.88. The van der Waals surface area contributed by atoms with Gasteiger partial charge in [-0.3, -0.25) is 0 Å². The molecule has 0 aliphatic rings. The van der Waals surface area contributed by atoms with Crippen molar-refractivity contribution in [1.29, 1.82) is 0 Å². The van der Waals surface area contributed by atoms with E-state index in [0.29, 0.717) is 32.6 Å². The number of rotatable bonds is 2. The van der Waals surface area contributed by atoms with Crippen LogP contribution in [0.25, 0.3) is 33.4 Å². The molecule has 0 spiro atoms. The molecule has 8 heteroatoms. The number of phenolic OH excluding ortho intramolecular Hbond substituents is 1. The molecular weight excluding hydrogens is 403 g/mol. The molecule has 0 saturated carbocycles. The van der Waals surface area contributed by atoms with E-state index in [9.17, 15) is 5.11 Å². The molecule has 2 aromatic carbocycles. The van der Waals surface area contributed by atoms with Crippen LogP contribution in [0.1, 0.15) is 0 Å². The standard InChI is InChI=1S/C19H12Cl2N4OS/c20-10-3-6-12(14(21)7-10)13-8-15(9-1-4-11(26)5-2-9)23-18-16(13)17(22)24-19(27)25-18/h1-8,26H,(H3,22,23,24,25,27). The normalized spacial score (nSPS) is 11.0. The number of nitrogens with two attached hydrogens (primary N) is 1. The lowest BCUT2D eigenvalue weighted by Crippen LogP contribution is -2.00. The Balaban J connectivity index is 2.08. The Kier molecular flexibility index (Phi) is 4.47. The highest BCUT2D eigenvalue weighted by Gasteiger charge is 2.16. The number of halogens is 2. The SMILES string of the molecule is Nc1[nH]c(=S)nc2nc(-c3ccc(O)cc3)cc(-c3ccc(Cl)cc3Cl)c12. The maximum atomic E-state index is 9.55. The summed E-state index contributed by atoms with van der Waals surface area (Å²) >= 11 is 17.6. The Labute approximate surface area is 169 Å². The molecular formula is C19H12Cl2N4OS. The maximum absolute atomic E-state index is 9.55. The number of nitrogens with zero attached hydrogens (tertiary/aromatic N) is 2. The van der Waals surface area contributed by atoms with Crippen molar-refractivity contribution < 1.29 is 5.11 Å². The van der Waals surface area contributed by atoms with Crippen molar-refractivity contribution in [3.8, 4) is 28.1 Å². The third kappa shape index (κ3) is 3.35. The average molecular weight is 415 g/mol. The number of phenols is 1. The highest BCUT2D eigenvalue weighted by molar-refractivity contribution is 7.71. The van der Waals surface area contributed by atoms with Crippen molar-refractivity contribution >= 4 is 52.3 Å². The molecule has 0 bridgehead atoms. The Morgan fingerprint density at radius 3 is 2.41 bits per heavy atom. The van der Waals surface area contributed by atoms with Crippen molar-refractivity contribution in [2.45, 2.75) is 0 Å². The number of H-pyrrole nitrogens is 1. The zero-order valence-corrected chi connectivity index (χ0v) is 16.0. The zero-order valence-electron chi connectivity index (χ0n) is 13.7. The summed E-state index contributed by atoms with van der Waals surface area (Å²) in [5.41, 5.74) is 9.53. The number of hydrogen-bond acceptors (Lipinski definition) is 5. The Morgan fingerprint density at radius 2 is 1.70 bits per heavy atom. The van der Waals surface area contributed by atoms with Crippen LogP contribution in [-0.4, -0.2) is 20.1 Å². The number of aromatic amines is 1. The molecule has 0 radical (unpaired) electrons. The van der Waals surface area contributed by atoms with E-state index >= 15 is 0 Å². The topological polar surface area (TPSA) is 87.8 Å². The molecule has 4 rings (SSSR count). The van der Waals surface area contributed by atoms with Crippen molar-refractivity contribution in [3.05, 3.63) is 63.3 Å². The first-order chi connectivity index (χ1) is 12.9. The van der Waals surface area contributed by atoms with Gasteiger partial charge in [-0.05, 0) is 60.2 Å². The summed E-state index contributed by atoms with van der Waals surface area (Å²) in [7, 11) is 0. The molecule has 134 valence electrons. The molecule has 2 heterocycles. The Bertz CT molecular complexity index is 1240. The first kappa shape index (κ1) is 17.7. The molecule has 4 aromatic rings. The van der Waals surface area contributed by atoms with Gasteiger partial charge >= 0.3 is 0 Å². The third-order valence-electron chi connectivity index (χ3n) is 4.10. The molecule has 0 amide bonds. The van der Waals surface area contributed by atoms with Crippen LogP contribution < -0.4 is 5.73 Å². The minimum Gasteiger partial charge on any atom is -0.508 e. The summed E-state index contributed by atoms with van der Waals surface area (Å²) in [6, 6.07) is 13.8. The van der Waals surface area contributed by atoms with Crippen LogP contribution in [0.3, 0.4) is 0 Å². The van der Waals surface area contributed by atoms with E-state index in [4.69, 9.17) is 41.2 Å². The molecule has 4 N–H and O–H groups in total. The van der Waals surface area contributed by atoms with Crippen LogP contribution in [0.15, 0.2) is 48.5 Å². The lowest BCUT2D eigenvalue weighted by atomic mass is 9.99. The van der Waals surface area contributed by atoms with E-state index < -0.39 is 0 Å². The minimum absolute atomic E-state index is 0.172. The number of benzene rings is 2. The summed E-state index contributed by atoms with van der Waals surface area (Å²) in [5, 5.41) is 11.2. The second-order valence-electron chi connectivity index (χ2n) is 5.88. The predicted molar refractivity (Wildman–Crippen MR) is 112 cm³/mol. The summed E-state index contributed by atoms with van der Waals surface area (Å²) < 4.78 is 0.239. The van der Waals surface area contributed by atoms with Gasteiger partial charge in [0.25, 0.3) is 0 Å². The molecule has 27 heavy (non-hydrogen) atoms. The van der Waals surface area contributed by atoms with Crippen LogP contribution >= 0.6 is 35.4 Å². The van der Waals surface area contributed by atoms with Crippen molar-refractivity contribution in [3.63, 3.8) is 0 Å². The fraction of sp³-hybridized carbons (Fsp3) is 0. The lowest BCUT2D eigenvalue weighted by molar-refractivity contribution is 0.475. The Morgan fingerprint density at radius 1 is 0.963 bits per heavy atom. The smallest absolute Gasteiger partial charge is 0.200 e. The highest BCUT2D eigenvalue weighted by Crippen LogP contribution is 2.38. The molecule has 5 nitrogen and oxygen atoms in total. The van der Waals surface area contributed by atoms with Crippen molar-refractivity contribution in [1.82, 2.24) is 15.0 Å². The number of hydrogen-bond donors (Lipinski definition) is 3. The van der Waals surface area contributed by atoms with Gasteiger partial charge in [-0.2, -0.15) is 4.98 Å². The van der Waals surface area contributed by atoms with E-state index in [2.05, 4.69) is 15.0 Å². The number of nitrogens with one attached hydrogen (secondary N) is 1. The van der Waals surface area contributed by atoms with Gasteiger partial charge in [0.1, 0.15) is 11.6 Å². The lowest BCUT2D eigenvalue weighted by Gasteiger charge is -2.13. The zero-order chi connectivity index (χ0) is 19.1. The molecule has 0 atom stereocenters. The predicted octanol–water partition coefficient (Wildman–Crippen LogP) is 5.62. The summed E-state index contributed by atoms with van der Waals surface area (Å²) in [6.07, 6.45) is 0. The van der Waals surface area contributed by atoms with E-state index in [0.717, 1.165) is 16.7 Å². The largest absolute Gasteiger partial charge is 0.508 e. The van der Waals surface area contributed by atoms with Gasteiger partial charge in [-0.1, -0.05) is 29.3 Å². The van der Waals surface area contributed by atoms with Crippen LogP contribution in [0, 0.1) is 4.77 Å². The van der Waals surface area contributed by atoms with E-state index in [1.807, 2.05) is 12.1 Å². The van der Waals surface area contributed by atoms with Crippen LogP contribution in [0.4, 0.5) is 5.82 Å². The quantitative estimate of drug-likeness (QED) is 0.370. The van der Waals surface area contributed by atoms with Gasteiger partial charge in [-0.15, -0.1) is 0 Å². The van der Waals surface area contributed by atoms with E-state index in [-0.39, 0.29) is 10.5 Å². The van der Waals surface area contributed by atoms with E-state index in [1.54, 1.807) is 36.4 Å². The highest BCUT2D eigenvalue weighted by atomic mass is 35.5. The monoisotopic (exact) mass is 414 g/mol. The molecule has 0 saturated heterocycles. The second-order valence-corrected chi connectivity index (χ2v) is 7.11. The van der Waals surface area contributed by atoms with Crippen LogP contribution in [-0.2, 0) is 0 Å².